The first-order valence-electron chi connectivity index (χ1n) is 10.6. The van der Waals surface area contributed by atoms with E-state index in [1.807, 2.05) is 0 Å². The van der Waals surface area contributed by atoms with Gasteiger partial charge in [0.25, 0.3) is 5.69 Å². The van der Waals surface area contributed by atoms with Crippen molar-refractivity contribution in [3.8, 4) is 11.5 Å². The van der Waals surface area contributed by atoms with E-state index < -0.39 is 22.6 Å². The van der Waals surface area contributed by atoms with Crippen molar-refractivity contribution in [2.45, 2.75) is 39.3 Å². The van der Waals surface area contributed by atoms with Gasteiger partial charge in [-0.3, -0.25) is 10.1 Å². The highest BCUT2D eigenvalue weighted by atomic mass is 16.6. The number of nitro benzene ring substituents is 1. The van der Waals surface area contributed by atoms with E-state index in [0.717, 1.165) is 0 Å². The van der Waals surface area contributed by atoms with Crippen molar-refractivity contribution in [1.82, 2.24) is 4.90 Å². The Morgan fingerprint density at radius 1 is 1.12 bits per heavy atom. The molecule has 1 aromatic heterocycles. The van der Waals surface area contributed by atoms with Crippen molar-refractivity contribution in [3.63, 3.8) is 0 Å². The number of carbonyl (C=O) groups is 2. The van der Waals surface area contributed by atoms with Gasteiger partial charge in [0, 0.05) is 36.0 Å². The molecule has 0 atom stereocenters. The van der Waals surface area contributed by atoms with Gasteiger partial charge in [0.2, 0.25) is 0 Å². The van der Waals surface area contributed by atoms with Crippen LogP contribution >= 0.6 is 0 Å². The maximum Gasteiger partial charge on any atom is 0.410 e. The summed E-state index contributed by atoms with van der Waals surface area (Å²) in [4.78, 5) is 37.6. The Bertz CT molecular complexity index is 1270. The Balaban J connectivity index is 1.70. The van der Waals surface area contributed by atoms with Crippen molar-refractivity contribution in [2.75, 3.05) is 13.7 Å². The van der Waals surface area contributed by atoms with E-state index in [9.17, 15) is 19.7 Å². The Kier molecular flexibility index (Phi) is 5.90. The van der Waals surface area contributed by atoms with Crippen molar-refractivity contribution in [3.05, 3.63) is 63.4 Å². The highest BCUT2D eigenvalue weighted by molar-refractivity contribution is 6.07. The zero-order valence-electron chi connectivity index (χ0n) is 19.2. The van der Waals surface area contributed by atoms with Crippen LogP contribution < -0.4 is 9.47 Å². The number of rotatable bonds is 4. The fourth-order valence-electron chi connectivity index (χ4n) is 3.78. The predicted molar refractivity (Wildman–Crippen MR) is 121 cm³/mol. The Morgan fingerprint density at radius 3 is 2.44 bits per heavy atom. The number of benzene rings is 2. The van der Waals surface area contributed by atoms with Crippen molar-refractivity contribution < 1.29 is 33.1 Å². The lowest BCUT2D eigenvalue weighted by Crippen LogP contribution is -2.39. The average Bonchev–Trinajstić information content (AvgIpc) is 3.16. The molecule has 10 heteroatoms. The molecule has 2 heterocycles. The molecule has 0 bridgehead atoms. The van der Waals surface area contributed by atoms with Gasteiger partial charge in [-0.25, -0.2) is 9.59 Å². The SMILES string of the molecule is COc1ccc(C(=O)Oc2ccc([N+](=O)[O-])cc2)c2c3c(oc12)CCN(C(=O)OC(C)(C)C)C3. The van der Waals surface area contributed by atoms with Gasteiger partial charge in [-0.1, -0.05) is 0 Å². The molecule has 3 aromatic rings. The average molecular weight is 468 g/mol. The molecule has 2 aromatic carbocycles. The monoisotopic (exact) mass is 468 g/mol. The summed E-state index contributed by atoms with van der Waals surface area (Å²) in [6, 6.07) is 8.39. The smallest absolute Gasteiger partial charge is 0.410 e. The molecule has 0 spiro atoms. The van der Waals surface area contributed by atoms with E-state index in [2.05, 4.69) is 0 Å². The minimum Gasteiger partial charge on any atom is -0.493 e. The predicted octanol–water partition coefficient (Wildman–Crippen LogP) is 4.86. The van der Waals surface area contributed by atoms with Crippen LogP contribution in [0.25, 0.3) is 11.0 Å². The molecule has 0 saturated carbocycles. The Labute approximate surface area is 195 Å². The first-order valence-corrected chi connectivity index (χ1v) is 10.6. The van der Waals surface area contributed by atoms with E-state index in [0.29, 0.717) is 41.0 Å². The minimum atomic E-state index is -0.667. The third-order valence-electron chi connectivity index (χ3n) is 5.29. The lowest BCUT2D eigenvalue weighted by molar-refractivity contribution is -0.384. The van der Waals surface area contributed by atoms with Crippen LogP contribution in [0, 0.1) is 10.1 Å². The summed E-state index contributed by atoms with van der Waals surface area (Å²) >= 11 is 0. The molecule has 0 radical (unpaired) electrons. The second kappa shape index (κ2) is 8.69. The first-order chi connectivity index (χ1) is 16.1. The van der Waals surface area contributed by atoms with Crippen LogP contribution in [0.4, 0.5) is 10.5 Å². The summed E-state index contributed by atoms with van der Waals surface area (Å²) in [6.45, 7) is 5.99. The fraction of sp³-hybridized carbons (Fsp3) is 0.333. The second-order valence-corrected chi connectivity index (χ2v) is 8.82. The number of nitro groups is 1. The lowest BCUT2D eigenvalue weighted by atomic mass is 10.0. The third kappa shape index (κ3) is 4.52. The summed E-state index contributed by atoms with van der Waals surface area (Å²) < 4.78 is 22.4. The molecular weight excluding hydrogens is 444 g/mol. The number of fused-ring (bicyclic) bond motifs is 3. The van der Waals surface area contributed by atoms with Gasteiger partial charge in [0.15, 0.2) is 11.3 Å². The van der Waals surface area contributed by atoms with Gasteiger partial charge in [0.05, 0.1) is 24.1 Å². The van der Waals surface area contributed by atoms with Gasteiger partial charge in [-0.2, -0.15) is 0 Å². The Morgan fingerprint density at radius 2 is 1.82 bits per heavy atom. The van der Waals surface area contributed by atoms with Crippen molar-refractivity contribution >= 4 is 28.7 Å². The largest absolute Gasteiger partial charge is 0.493 e. The topological polar surface area (TPSA) is 121 Å². The van der Waals surface area contributed by atoms with Crippen molar-refractivity contribution in [1.29, 1.82) is 0 Å². The second-order valence-electron chi connectivity index (χ2n) is 8.82. The summed E-state index contributed by atoms with van der Waals surface area (Å²) in [5.41, 5.74) is 0.542. The molecule has 1 aliphatic rings. The standard InChI is InChI=1S/C24H24N2O8/c1-24(2,3)34-23(28)25-12-11-18-17(13-25)20-16(9-10-19(31-4)21(20)33-18)22(27)32-15-7-5-14(6-8-15)26(29)30/h5-10H,11-13H2,1-4H3. The molecule has 0 aliphatic carbocycles. The number of non-ortho nitro benzene ring substituents is 1. The van der Waals surface area contributed by atoms with E-state index in [1.165, 1.54) is 31.4 Å². The van der Waals surface area contributed by atoms with Gasteiger partial charge in [-0.15, -0.1) is 0 Å². The van der Waals surface area contributed by atoms with Crippen LogP contribution in [0.3, 0.4) is 0 Å². The van der Waals surface area contributed by atoms with E-state index in [4.69, 9.17) is 18.6 Å². The third-order valence-corrected chi connectivity index (χ3v) is 5.29. The zero-order valence-corrected chi connectivity index (χ0v) is 19.2. The molecule has 10 nitrogen and oxygen atoms in total. The zero-order chi connectivity index (χ0) is 24.6. The maximum atomic E-state index is 13.1. The number of methoxy groups -OCH3 is 1. The summed E-state index contributed by atoms with van der Waals surface area (Å²) in [5, 5.41) is 11.4. The van der Waals surface area contributed by atoms with Gasteiger partial charge < -0.3 is 23.5 Å². The number of hydrogen-bond donors (Lipinski definition) is 0. The molecule has 34 heavy (non-hydrogen) atoms. The molecule has 1 aliphatic heterocycles. The highest BCUT2D eigenvalue weighted by Crippen LogP contribution is 2.38. The van der Waals surface area contributed by atoms with Crippen LogP contribution in [0.2, 0.25) is 0 Å². The Hall–Kier alpha value is -4.08. The summed E-state index contributed by atoms with van der Waals surface area (Å²) in [5.74, 6) is 0.593. The van der Waals surface area contributed by atoms with Crippen LogP contribution in [0.1, 0.15) is 42.5 Å². The molecule has 178 valence electrons. The normalized spacial score (nSPS) is 13.4. The van der Waals surface area contributed by atoms with Crippen LogP contribution in [-0.2, 0) is 17.7 Å². The van der Waals surface area contributed by atoms with E-state index in [-0.39, 0.29) is 23.5 Å². The van der Waals surface area contributed by atoms with Crippen molar-refractivity contribution in [2.24, 2.45) is 0 Å². The molecule has 0 N–H and O–H groups in total. The number of esters is 1. The first kappa shape index (κ1) is 23.1. The number of hydrogen-bond acceptors (Lipinski definition) is 8. The van der Waals surface area contributed by atoms with Crippen LogP contribution in [0.15, 0.2) is 40.8 Å². The number of furan rings is 1. The molecule has 1 amide bonds. The van der Waals surface area contributed by atoms with Crippen LogP contribution in [0.5, 0.6) is 11.5 Å². The quantitative estimate of drug-likeness (QED) is 0.230. The van der Waals surface area contributed by atoms with Gasteiger partial charge >= 0.3 is 12.1 Å². The maximum absolute atomic E-state index is 13.1. The number of nitrogens with zero attached hydrogens (tertiary/aromatic N) is 2. The van der Waals surface area contributed by atoms with Gasteiger partial charge in [0.1, 0.15) is 17.1 Å². The van der Waals surface area contributed by atoms with Gasteiger partial charge in [-0.05, 0) is 45.0 Å². The molecule has 0 unspecified atom stereocenters. The fourth-order valence-corrected chi connectivity index (χ4v) is 3.78. The number of amides is 1. The molecule has 0 saturated heterocycles. The number of carbonyl (C=O) groups excluding carboxylic acids is 2. The van der Waals surface area contributed by atoms with E-state index >= 15 is 0 Å². The van der Waals surface area contributed by atoms with Crippen LogP contribution in [-0.4, -0.2) is 41.1 Å². The number of ether oxygens (including phenoxy) is 3. The lowest BCUT2D eigenvalue weighted by Gasteiger charge is -2.29. The molecule has 4 rings (SSSR count). The minimum absolute atomic E-state index is 0.113. The van der Waals surface area contributed by atoms with E-state index in [1.54, 1.807) is 37.8 Å². The summed E-state index contributed by atoms with van der Waals surface area (Å²) in [7, 11) is 1.50. The molecular formula is C24H24N2O8. The molecule has 0 fully saturated rings. The highest BCUT2D eigenvalue weighted by Gasteiger charge is 2.32. The summed E-state index contributed by atoms with van der Waals surface area (Å²) in [6.07, 6.45) is -0.00566.